The number of hydrogen-bond donors (Lipinski definition) is 1. The van der Waals surface area contributed by atoms with E-state index in [0.717, 1.165) is 53.3 Å². The van der Waals surface area contributed by atoms with Gasteiger partial charge in [-0.1, -0.05) is 13.3 Å². The van der Waals surface area contributed by atoms with E-state index in [0.29, 0.717) is 39.4 Å². The summed E-state index contributed by atoms with van der Waals surface area (Å²) in [7, 11) is 0. The number of likely N-dealkylation sites (tertiary alicyclic amines) is 1. The first-order chi connectivity index (χ1) is 19.2. The van der Waals surface area contributed by atoms with Crippen LogP contribution in [0.1, 0.15) is 39.0 Å². The van der Waals surface area contributed by atoms with Crippen LogP contribution >= 0.6 is 0 Å². The number of nitrogens with zero attached hydrogens (tertiary/aromatic N) is 5. The van der Waals surface area contributed by atoms with Crippen molar-refractivity contribution in [2.75, 3.05) is 69.2 Å². The van der Waals surface area contributed by atoms with Crippen LogP contribution in [0.2, 0.25) is 0 Å². The lowest BCUT2D eigenvalue weighted by Crippen LogP contribution is -2.50. The van der Waals surface area contributed by atoms with E-state index in [1.165, 1.54) is 32.4 Å². The van der Waals surface area contributed by atoms with E-state index in [1.54, 1.807) is 6.33 Å². The zero-order valence-corrected chi connectivity index (χ0v) is 23.0. The molecule has 2 aromatic carbocycles. The fraction of sp³-hybridized carbons (Fsp3) is 0.500. The van der Waals surface area contributed by atoms with E-state index >= 15 is 0 Å². The molecule has 2 saturated heterocycles. The molecule has 2 amide bonds. The molecule has 2 aliphatic rings. The third-order valence-electron chi connectivity index (χ3n) is 7.37. The second-order valence-electron chi connectivity index (χ2n) is 10.3. The maximum atomic E-state index is 12.8. The van der Waals surface area contributed by atoms with Gasteiger partial charge in [-0.2, -0.15) is 0 Å². The van der Waals surface area contributed by atoms with Crippen molar-refractivity contribution in [2.24, 2.45) is 0 Å². The molecule has 3 aromatic rings. The fourth-order valence-corrected chi connectivity index (χ4v) is 5.20. The smallest absolute Gasteiger partial charge is 0.321 e. The monoisotopic (exact) mass is 532 g/mol. The second kappa shape index (κ2) is 13.5. The number of rotatable bonds is 10. The van der Waals surface area contributed by atoms with Gasteiger partial charge in [-0.3, -0.25) is 0 Å². The van der Waals surface area contributed by atoms with Crippen LogP contribution in [0, 0.1) is 0 Å². The number of benzene rings is 2. The molecule has 3 heterocycles. The van der Waals surface area contributed by atoms with Gasteiger partial charge in [-0.05, 0) is 75.2 Å². The van der Waals surface area contributed by atoms with Gasteiger partial charge in [0.2, 0.25) is 0 Å². The number of fused-ring (bicyclic) bond motifs is 1. The average molecular weight is 533 g/mol. The highest BCUT2D eigenvalue weighted by atomic mass is 16.5. The normalized spacial score (nSPS) is 16.3. The molecule has 0 saturated carbocycles. The summed E-state index contributed by atoms with van der Waals surface area (Å²) in [5.74, 6) is 2.56. The SMILES string of the molecule is CCCOc1ccc(NC(=O)N2CCN(c3ncnc4cc(OCCCN5CCCCC5)ccc34)CC2)cc1. The molecule has 9 heteroatoms. The third-order valence-corrected chi connectivity index (χ3v) is 7.37. The summed E-state index contributed by atoms with van der Waals surface area (Å²) in [6.07, 6.45) is 7.61. The summed E-state index contributed by atoms with van der Waals surface area (Å²) < 4.78 is 11.7. The summed E-state index contributed by atoms with van der Waals surface area (Å²) >= 11 is 0. The standard InChI is InChI=1S/C30H40N6O3/c1-2-20-38-25-9-7-24(8-10-25)33-30(37)36-18-16-35(17-19-36)29-27-12-11-26(22-28(27)31-23-32-29)39-21-6-15-34-13-4-3-5-14-34/h7-12,22-23H,2-6,13-21H2,1H3,(H,33,37). The van der Waals surface area contributed by atoms with Crippen molar-refractivity contribution in [1.29, 1.82) is 0 Å². The highest BCUT2D eigenvalue weighted by molar-refractivity contribution is 5.91. The molecular weight excluding hydrogens is 492 g/mol. The molecule has 39 heavy (non-hydrogen) atoms. The lowest BCUT2D eigenvalue weighted by Gasteiger charge is -2.35. The Labute approximate surface area is 231 Å². The summed E-state index contributed by atoms with van der Waals surface area (Å²) in [6.45, 7) is 9.66. The van der Waals surface area contributed by atoms with E-state index in [1.807, 2.05) is 41.3 Å². The number of urea groups is 1. The largest absolute Gasteiger partial charge is 0.494 e. The van der Waals surface area contributed by atoms with Gasteiger partial charge in [-0.25, -0.2) is 14.8 Å². The predicted octanol–water partition coefficient (Wildman–Crippen LogP) is 5.03. The van der Waals surface area contributed by atoms with Crippen LogP contribution in [0.15, 0.2) is 48.8 Å². The Kier molecular flexibility index (Phi) is 9.32. The number of amides is 2. The van der Waals surface area contributed by atoms with E-state index in [9.17, 15) is 4.79 Å². The Balaban J connectivity index is 1.12. The Morgan fingerprint density at radius 1 is 0.872 bits per heavy atom. The van der Waals surface area contributed by atoms with Crippen molar-refractivity contribution in [2.45, 2.75) is 39.0 Å². The van der Waals surface area contributed by atoms with Crippen LogP contribution in [-0.4, -0.2) is 84.8 Å². The summed E-state index contributed by atoms with van der Waals surface area (Å²) in [4.78, 5) is 28.5. The van der Waals surface area contributed by atoms with Gasteiger partial charge >= 0.3 is 6.03 Å². The Bertz CT molecular complexity index is 1210. The summed E-state index contributed by atoms with van der Waals surface area (Å²) in [5, 5.41) is 4.00. The number of nitrogens with one attached hydrogen (secondary N) is 1. The molecule has 0 radical (unpaired) electrons. The molecule has 0 atom stereocenters. The number of ether oxygens (including phenoxy) is 2. The van der Waals surface area contributed by atoms with Crippen LogP contribution < -0.4 is 19.7 Å². The van der Waals surface area contributed by atoms with Crippen molar-refractivity contribution in [1.82, 2.24) is 19.8 Å². The van der Waals surface area contributed by atoms with Crippen molar-refractivity contribution < 1.29 is 14.3 Å². The van der Waals surface area contributed by atoms with Crippen molar-refractivity contribution in [3.63, 3.8) is 0 Å². The maximum Gasteiger partial charge on any atom is 0.321 e. The molecule has 0 bridgehead atoms. The fourth-order valence-electron chi connectivity index (χ4n) is 5.20. The number of hydrogen-bond acceptors (Lipinski definition) is 7. The van der Waals surface area contributed by atoms with Gasteiger partial charge < -0.3 is 29.5 Å². The minimum Gasteiger partial charge on any atom is -0.494 e. The van der Waals surface area contributed by atoms with Crippen LogP contribution in [0.5, 0.6) is 11.5 Å². The molecule has 2 fully saturated rings. The molecule has 0 spiro atoms. The molecule has 5 rings (SSSR count). The first-order valence-corrected chi connectivity index (χ1v) is 14.3. The number of anilines is 2. The molecule has 2 aliphatic heterocycles. The van der Waals surface area contributed by atoms with Crippen LogP contribution in [0.4, 0.5) is 16.3 Å². The van der Waals surface area contributed by atoms with Crippen LogP contribution in [-0.2, 0) is 0 Å². The Hall–Kier alpha value is -3.59. The maximum absolute atomic E-state index is 12.8. The second-order valence-corrected chi connectivity index (χ2v) is 10.3. The van der Waals surface area contributed by atoms with Gasteiger partial charge in [0.25, 0.3) is 0 Å². The number of carbonyl (C=O) groups is 1. The number of carbonyl (C=O) groups excluding carboxylic acids is 1. The van der Waals surface area contributed by atoms with Crippen LogP contribution in [0.25, 0.3) is 10.9 Å². The highest BCUT2D eigenvalue weighted by Crippen LogP contribution is 2.27. The minimum atomic E-state index is -0.0912. The Morgan fingerprint density at radius 3 is 2.38 bits per heavy atom. The van der Waals surface area contributed by atoms with Gasteiger partial charge in [0.05, 0.1) is 18.7 Å². The molecular formula is C30H40N6O3. The molecule has 9 nitrogen and oxygen atoms in total. The minimum absolute atomic E-state index is 0.0912. The molecule has 1 aromatic heterocycles. The Morgan fingerprint density at radius 2 is 1.62 bits per heavy atom. The van der Waals surface area contributed by atoms with E-state index in [-0.39, 0.29) is 6.03 Å². The molecule has 1 N–H and O–H groups in total. The van der Waals surface area contributed by atoms with E-state index in [2.05, 4.69) is 38.1 Å². The highest BCUT2D eigenvalue weighted by Gasteiger charge is 2.23. The lowest BCUT2D eigenvalue weighted by molar-refractivity contribution is 0.205. The number of piperazine rings is 1. The number of aromatic nitrogens is 2. The van der Waals surface area contributed by atoms with Gasteiger partial charge in [-0.15, -0.1) is 0 Å². The zero-order chi connectivity index (χ0) is 26.9. The predicted molar refractivity (Wildman–Crippen MR) is 155 cm³/mol. The quantitative estimate of drug-likeness (QED) is 0.367. The number of piperidine rings is 1. The molecule has 0 aliphatic carbocycles. The first kappa shape index (κ1) is 27.0. The third kappa shape index (κ3) is 7.29. The van der Waals surface area contributed by atoms with Gasteiger partial charge in [0.1, 0.15) is 23.6 Å². The van der Waals surface area contributed by atoms with Crippen molar-refractivity contribution >= 4 is 28.4 Å². The topological polar surface area (TPSA) is 83.1 Å². The van der Waals surface area contributed by atoms with E-state index < -0.39 is 0 Å². The average Bonchev–Trinajstić information content (AvgIpc) is 2.99. The van der Waals surface area contributed by atoms with E-state index in [4.69, 9.17) is 9.47 Å². The van der Waals surface area contributed by atoms with Crippen molar-refractivity contribution in [3.05, 3.63) is 48.8 Å². The summed E-state index contributed by atoms with van der Waals surface area (Å²) in [6, 6.07) is 13.5. The zero-order valence-electron chi connectivity index (χ0n) is 23.0. The van der Waals surface area contributed by atoms with Crippen LogP contribution in [0.3, 0.4) is 0 Å². The van der Waals surface area contributed by atoms with Gasteiger partial charge in [0, 0.05) is 49.9 Å². The molecule has 0 unspecified atom stereocenters. The molecule has 208 valence electrons. The van der Waals surface area contributed by atoms with Gasteiger partial charge in [0.15, 0.2) is 0 Å². The first-order valence-electron chi connectivity index (χ1n) is 14.3. The summed E-state index contributed by atoms with van der Waals surface area (Å²) in [5.41, 5.74) is 1.64. The van der Waals surface area contributed by atoms with Crippen molar-refractivity contribution in [3.8, 4) is 11.5 Å². The lowest BCUT2D eigenvalue weighted by atomic mass is 10.1.